The zero-order valence-electron chi connectivity index (χ0n) is 11.2. The van der Waals surface area contributed by atoms with E-state index in [-0.39, 0.29) is 5.69 Å². The number of aromatic nitrogens is 2. The number of fused-ring (bicyclic) bond motifs is 1. The minimum absolute atomic E-state index is 0.244. The molecule has 0 aliphatic rings. The Bertz CT molecular complexity index is 817. The second-order valence-corrected chi connectivity index (χ2v) is 5.08. The molecule has 2 aromatic heterocycles. The lowest BCUT2D eigenvalue weighted by Gasteiger charge is -2.06. The highest BCUT2D eigenvalue weighted by molar-refractivity contribution is 6.31. The van der Waals surface area contributed by atoms with Gasteiger partial charge in [0.1, 0.15) is 11.9 Å². The van der Waals surface area contributed by atoms with E-state index in [4.69, 9.17) is 16.9 Å². The molecule has 0 bridgehead atoms. The molecule has 2 heterocycles. The van der Waals surface area contributed by atoms with Crippen LogP contribution in [0, 0.1) is 11.3 Å². The summed E-state index contributed by atoms with van der Waals surface area (Å²) in [6.45, 7) is 0.737. The third kappa shape index (κ3) is 2.83. The minimum atomic E-state index is 0.244. The van der Waals surface area contributed by atoms with Crippen molar-refractivity contribution in [2.24, 2.45) is 0 Å². The molecule has 0 aliphatic heterocycles. The molecule has 0 saturated heterocycles. The van der Waals surface area contributed by atoms with Gasteiger partial charge >= 0.3 is 0 Å². The summed E-state index contributed by atoms with van der Waals surface area (Å²) in [5.74, 6) is 0.663. The van der Waals surface area contributed by atoms with Crippen molar-refractivity contribution in [3.05, 3.63) is 58.9 Å². The summed E-state index contributed by atoms with van der Waals surface area (Å²) in [6, 6.07) is 13.7. The van der Waals surface area contributed by atoms with Crippen molar-refractivity contribution in [1.29, 1.82) is 5.26 Å². The lowest BCUT2D eigenvalue weighted by molar-refractivity contribution is 1.01. The first kappa shape index (κ1) is 13.5. The minimum Gasteiger partial charge on any atom is -0.370 e. The van der Waals surface area contributed by atoms with Gasteiger partial charge in [-0.2, -0.15) is 5.26 Å². The number of pyridine rings is 1. The Morgan fingerprint density at radius 1 is 1.24 bits per heavy atom. The molecule has 21 heavy (non-hydrogen) atoms. The summed E-state index contributed by atoms with van der Waals surface area (Å²) >= 11 is 5.86. The molecule has 2 N–H and O–H groups in total. The van der Waals surface area contributed by atoms with Crippen LogP contribution in [0.3, 0.4) is 0 Å². The molecule has 0 amide bonds. The maximum atomic E-state index is 8.91. The first-order valence-corrected chi connectivity index (χ1v) is 7.01. The molecule has 0 atom stereocenters. The molecule has 3 aromatic rings. The number of hydrogen-bond acceptors (Lipinski definition) is 3. The van der Waals surface area contributed by atoms with Gasteiger partial charge in [0.15, 0.2) is 5.69 Å². The average Bonchev–Trinajstić information content (AvgIpc) is 2.92. The highest BCUT2D eigenvalue weighted by Gasteiger charge is 2.04. The summed E-state index contributed by atoms with van der Waals surface area (Å²) in [5.41, 5.74) is 2.64. The van der Waals surface area contributed by atoms with Gasteiger partial charge in [-0.1, -0.05) is 29.8 Å². The van der Waals surface area contributed by atoms with Gasteiger partial charge in [-0.3, -0.25) is 0 Å². The molecule has 4 nitrogen and oxygen atoms in total. The van der Waals surface area contributed by atoms with Crippen LogP contribution in [0.5, 0.6) is 0 Å². The van der Waals surface area contributed by atoms with E-state index >= 15 is 0 Å². The third-order valence-electron chi connectivity index (χ3n) is 3.33. The van der Waals surface area contributed by atoms with E-state index in [0.29, 0.717) is 10.8 Å². The zero-order chi connectivity index (χ0) is 14.7. The van der Waals surface area contributed by atoms with Crippen molar-refractivity contribution in [3.8, 4) is 6.07 Å². The number of aromatic amines is 1. The number of rotatable bonds is 4. The number of hydrogen-bond donors (Lipinski definition) is 2. The molecule has 5 heteroatoms. The van der Waals surface area contributed by atoms with Crippen LogP contribution in [0.25, 0.3) is 10.9 Å². The standard InChI is InChI=1S/C16H13ClN4/c17-13-5-6-16(21-15(13)9-18)19-8-7-11-10-20-14-4-2-1-3-12(11)14/h1-6,10,20H,7-8H2,(H,19,21). The predicted molar refractivity (Wildman–Crippen MR) is 84.5 cm³/mol. The molecule has 0 spiro atoms. The fourth-order valence-electron chi connectivity index (χ4n) is 2.28. The number of H-pyrrole nitrogens is 1. The maximum absolute atomic E-state index is 8.91. The average molecular weight is 297 g/mol. The van der Waals surface area contributed by atoms with Crippen LogP contribution in [-0.4, -0.2) is 16.5 Å². The summed E-state index contributed by atoms with van der Waals surface area (Å²) in [5, 5.41) is 13.7. The first-order chi connectivity index (χ1) is 10.3. The topological polar surface area (TPSA) is 64.5 Å². The monoisotopic (exact) mass is 296 g/mol. The Labute approximate surface area is 127 Å². The summed E-state index contributed by atoms with van der Waals surface area (Å²) in [4.78, 5) is 7.42. The van der Waals surface area contributed by atoms with Gasteiger partial charge in [-0.15, -0.1) is 0 Å². The van der Waals surface area contributed by atoms with Gasteiger partial charge in [-0.25, -0.2) is 4.98 Å². The predicted octanol–water partition coefficient (Wildman–Crippen LogP) is 3.74. The molecule has 0 unspecified atom stereocenters. The molecular formula is C16H13ClN4. The molecule has 0 saturated carbocycles. The van der Waals surface area contributed by atoms with Crippen LogP contribution < -0.4 is 5.32 Å². The number of benzene rings is 1. The van der Waals surface area contributed by atoms with Crippen molar-refractivity contribution in [2.45, 2.75) is 6.42 Å². The SMILES string of the molecule is N#Cc1nc(NCCc2c[nH]c3ccccc23)ccc1Cl. The van der Waals surface area contributed by atoms with E-state index in [2.05, 4.69) is 27.4 Å². The Kier molecular flexibility index (Phi) is 3.76. The highest BCUT2D eigenvalue weighted by Crippen LogP contribution is 2.19. The Morgan fingerprint density at radius 2 is 2.10 bits per heavy atom. The van der Waals surface area contributed by atoms with Crippen molar-refractivity contribution in [3.63, 3.8) is 0 Å². The first-order valence-electron chi connectivity index (χ1n) is 6.63. The quantitative estimate of drug-likeness (QED) is 0.771. The van der Waals surface area contributed by atoms with E-state index in [1.165, 1.54) is 10.9 Å². The van der Waals surface area contributed by atoms with E-state index in [9.17, 15) is 0 Å². The van der Waals surface area contributed by atoms with Crippen molar-refractivity contribution >= 4 is 28.3 Å². The molecular weight excluding hydrogens is 284 g/mol. The number of anilines is 1. The van der Waals surface area contributed by atoms with Crippen molar-refractivity contribution in [2.75, 3.05) is 11.9 Å². The van der Waals surface area contributed by atoms with Crippen LogP contribution in [0.15, 0.2) is 42.6 Å². The lowest BCUT2D eigenvalue weighted by Crippen LogP contribution is -2.06. The molecule has 0 aliphatic carbocycles. The molecule has 104 valence electrons. The number of halogens is 1. The van der Waals surface area contributed by atoms with Crippen LogP contribution >= 0.6 is 11.6 Å². The van der Waals surface area contributed by atoms with Gasteiger partial charge in [0.05, 0.1) is 5.02 Å². The largest absolute Gasteiger partial charge is 0.370 e. The van der Waals surface area contributed by atoms with Gasteiger partial charge in [-0.05, 0) is 30.2 Å². The fraction of sp³-hybridized carbons (Fsp3) is 0.125. The van der Waals surface area contributed by atoms with Gasteiger partial charge in [0, 0.05) is 23.6 Å². The second kappa shape index (κ2) is 5.86. The number of nitrogens with zero attached hydrogens (tertiary/aromatic N) is 2. The second-order valence-electron chi connectivity index (χ2n) is 4.67. The third-order valence-corrected chi connectivity index (χ3v) is 3.63. The number of nitrogens with one attached hydrogen (secondary N) is 2. The normalized spacial score (nSPS) is 10.5. The number of nitriles is 1. The molecule has 0 radical (unpaired) electrons. The van der Waals surface area contributed by atoms with E-state index in [0.717, 1.165) is 18.5 Å². The van der Waals surface area contributed by atoms with Gasteiger partial charge in [0.2, 0.25) is 0 Å². The Balaban J connectivity index is 1.68. The summed E-state index contributed by atoms with van der Waals surface area (Å²) in [7, 11) is 0. The van der Waals surface area contributed by atoms with Crippen molar-refractivity contribution < 1.29 is 0 Å². The van der Waals surface area contributed by atoms with Crippen LogP contribution in [-0.2, 0) is 6.42 Å². The van der Waals surface area contributed by atoms with Gasteiger partial charge in [0.25, 0.3) is 0 Å². The smallest absolute Gasteiger partial charge is 0.161 e. The van der Waals surface area contributed by atoms with E-state index < -0.39 is 0 Å². The molecule has 3 rings (SSSR count). The number of para-hydroxylation sites is 1. The summed E-state index contributed by atoms with van der Waals surface area (Å²) in [6.07, 6.45) is 2.90. The van der Waals surface area contributed by atoms with E-state index in [1.54, 1.807) is 12.1 Å². The highest BCUT2D eigenvalue weighted by atomic mass is 35.5. The van der Waals surface area contributed by atoms with Crippen LogP contribution in [0.4, 0.5) is 5.82 Å². The van der Waals surface area contributed by atoms with Crippen LogP contribution in [0.2, 0.25) is 5.02 Å². The molecule has 0 fully saturated rings. The summed E-state index contributed by atoms with van der Waals surface area (Å²) < 4.78 is 0. The van der Waals surface area contributed by atoms with Gasteiger partial charge < -0.3 is 10.3 Å². The Hall–Kier alpha value is -2.51. The van der Waals surface area contributed by atoms with E-state index in [1.807, 2.05) is 24.4 Å². The zero-order valence-corrected chi connectivity index (χ0v) is 12.0. The Morgan fingerprint density at radius 3 is 2.95 bits per heavy atom. The molecule has 1 aromatic carbocycles. The fourth-order valence-corrected chi connectivity index (χ4v) is 2.43. The lowest BCUT2D eigenvalue weighted by atomic mass is 10.1. The maximum Gasteiger partial charge on any atom is 0.161 e. The van der Waals surface area contributed by atoms with Crippen LogP contribution in [0.1, 0.15) is 11.3 Å². The van der Waals surface area contributed by atoms with Crippen molar-refractivity contribution in [1.82, 2.24) is 9.97 Å².